The number of aryl methyl sites for hydroxylation is 1. The van der Waals surface area contributed by atoms with Crippen molar-refractivity contribution in [2.75, 3.05) is 11.9 Å². The molecule has 0 aromatic carbocycles. The highest BCUT2D eigenvalue weighted by atomic mass is 32.1. The van der Waals surface area contributed by atoms with Gasteiger partial charge in [-0.3, -0.25) is 9.78 Å². The van der Waals surface area contributed by atoms with E-state index in [1.807, 2.05) is 6.92 Å². The van der Waals surface area contributed by atoms with E-state index in [0.717, 1.165) is 4.88 Å². The van der Waals surface area contributed by atoms with Crippen LogP contribution in [0.2, 0.25) is 0 Å². The van der Waals surface area contributed by atoms with Gasteiger partial charge in [0.2, 0.25) is 0 Å². The zero-order valence-corrected chi connectivity index (χ0v) is 12.0. The molecular formula is C14H14N2O3S. The van der Waals surface area contributed by atoms with Gasteiger partial charge in [-0.1, -0.05) is 0 Å². The Morgan fingerprint density at radius 2 is 2.05 bits per heavy atom. The van der Waals surface area contributed by atoms with Gasteiger partial charge in [0.15, 0.2) is 0 Å². The van der Waals surface area contributed by atoms with E-state index in [4.69, 9.17) is 4.74 Å². The summed E-state index contributed by atoms with van der Waals surface area (Å²) in [5, 5.41) is 3.24. The fraction of sp³-hybridized carbons (Fsp3) is 0.214. The fourth-order valence-corrected chi connectivity index (χ4v) is 2.54. The van der Waals surface area contributed by atoms with Crippen molar-refractivity contribution in [2.45, 2.75) is 13.8 Å². The van der Waals surface area contributed by atoms with E-state index in [9.17, 15) is 9.59 Å². The molecule has 104 valence electrons. The highest BCUT2D eigenvalue weighted by molar-refractivity contribution is 7.16. The van der Waals surface area contributed by atoms with Crippen LogP contribution >= 0.6 is 11.3 Å². The molecule has 2 aromatic heterocycles. The molecule has 1 N–H and O–H groups in total. The predicted molar refractivity (Wildman–Crippen MR) is 77.2 cm³/mol. The summed E-state index contributed by atoms with van der Waals surface area (Å²) in [4.78, 5) is 28.7. The Hall–Kier alpha value is -2.21. The zero-order valence-electron chi connectivity index (χ0n) is 11.2. The number of thiophene rings is 1. The van der Waals surface area contributed by atoms with Crippen LogP contribution in [0.1, 0.15) is 32.5 Å². The van der Waals surface area contributed by atoms with E-state index in [-0.39, 0.29) is 5.91 Å². The molecule has 1 amide bonds. The first kappa shape index (κ1) is 14.2. The van der Waals surface area contributed by atoms with Crippen LogP contribution in [-0.4, -0.2) is 23.5 Å². The molecule has 0 radical (unpaired) electrons. The fourth-order valence-electron chi connectivity index (χ4n) is 1.65. The highest BCUT2D eigenvalue weighted by Gasteiger charge is 2.18. The van der Waals surface area contributed by atoms with E-state index in [0.29, 0.717) is 22.7 Å². The van der Waals surface area contributed by atoms with E-state index in [1.165, 1.54) is 11.3 Å². The number of esters is 1. The third-order valence-electron chi connectivity index (χ3n) is 2.52. The topological polar surface area (TPSA) is 68.3 Å². The van der Waals surface area contributed by atoms with Crippen molar-refractivity contribution < 1.29 is 14.3 Å². The summed E-state index contributed by atoms with van der Waals surface area (Å²) in [6, 6.07) is 4.94. The van der Waals surface area contributed by atoms with Crippen LogP contribution in [0.15, 0.2) is 30.6 Å². The van der Waals surface area contributed by atoms with E-state index in [2.05, 4.69) is 10.3 Å². The molecule has 20 heavy (non-hydrogen) atoms. The maximum Gasteiger partial charge on any atom is 0.341 e. The number of carbonyl (C=O) groups is 2. The summed E-state index contributed by atoms with van der Waals surface area (Å²) in [5.74, 6) is -0.707. The largest absolute Gasteiger partial charge is 0.462 e. The molecule has 2 aromatic rings. The number of aromatic nitrogens is 1. The molecule has 0 spiro atoms. The zero-order chi connectivity index (χ0) is 14.5. The van der Waals surface area contributed by atoms with Crippen molar-refractivity contribution in [1.29, 1.82) is 0 Å². The number of nitrogens with zero attached hydrogens (tertiary/aromatic N) is 1. The Labute approximate surface area is 120 Å². The van der Waals surface area contributed by atoms with Crippen molar-refractivity contribution in [2.24, 2.45) is 0 Å². The Kier molecular flexibility index (Phi) is 4.47. The molecule has 0 bridgehead atoms. The standard InChI is InChI=1S/C14H14N2O3S/c1-3-19-14(18)11-8-9(2)20-13(11)16-12(17)10-4-6-15-7-5-10/h4-8H,3H2,1-2H3,(H,16,17). The van der Waals surface area contributed by atoms with Crippen LogP contribution in [0.5, 0.6) is 0 Å². The molecule has 6 heteroatoms. The van der Waals surface area contributed by atoms with Gasteiger partial charge >= 0.3 is 5.97 Å². The summed E-state index contributed by atoms with van der Waals surface area (Å²) in [6.45, 7) is 3.91. The number of hydrogen-bond donors (Lipinski definition) is 1. The van der Waals surface area contributed by atoms with Crippen LogP contribution in [0.4, 0.5) is 5.00 Å². The molecular weight excluding hydrogens is 276 g/mol. The minimum Gasteiger partial charge on any atom is -0.462 e. The van der Waals surface area contributed by atoms with Crippen molar-refractivity contribution >= 4 is 28.2 Å². The molecule has 0 aliphatic rings. The number of nitrogens with one attached hydrogen (secondary N) is 1. The monoisotopic (exact) mass is 290 g/mol. The van der Waals surface area contributed by atoms with Crippen LogP contribution in [0, 0.1) is 6.92 Å². The second-order valence-electron chi connectivity index (χ2n) is 4.01. The third-order valence-corrected chi connectivity index (χ3v) is 3.49. The first-order valence-corrected chi connectivity index (χ1v) is 6.92. The van der Waals surface area contributed by atoms with Gasteiger partial charge in [0, 0.05) is 22.8 Å². The Morgan fingerprint density at radius 1 is 1.35 bits per heavy atom. The second-order valence-corrected chi connectivity index (χ2v) is 5.27. The lowest BCUT2D eigenvalue weighted by atomic mass is 10.2. The van der Waals surface area contributed by atoms with Crippen LogP contribution < -0.4 is 5.32 Å². The minimum absolute atomic E-state index is 0.278. The Morgan fingerprint density at radius 3 is 2.70 bits per heavy atom. The summed E-state index contributed by atoms with van der Waals surface area (Å²) < 4.78 is 4.98. The number of anilines is 1. The summed E-state index contributed by atoms with van der Waals surface area (Å²) in [7, 11) is 0. The molecule has 0 aliphatic heterocycles. The maximum absolute atomic E-state index is 12.1. The molecule has 0 atom stereocenters. The normalized spacial score (nSPS) is 10.1. The van der Waals surface area contributed by atoms with Crippen molar-refractivity contribution in [1.82, 2.24) is 4.98 Å². The molecule has 2 rings (SSSR count). The summed E-state index contributed by atoms with van der Waals surface area (Å²) in [6.07, 6.45) is 3.09. The van der Waals surface area contributed by atoms with Crippen molar-refractivity contribution in [3.05, 3.63) is 46.6 Å². The van der Waals surface area contributed by atoms with Gasteiger partial charge in [-0.25, -0.2) is 4.79 Å². The van der Waals surface area contributed by atoms with Crippen LogP contribution in [0.25, 0.3) is 0 Å². The summed E-state index contributed by atoms with van der Waals surface area (Å²) in [5.41, 5.74) is 0.873. The average Bonchev–Trinajstić information content (AvgIpc) is 2.81. The third kappa shape index (κ3) is 3.21. The molecule has 5 nitrogen and oxygen atoms in total. The molecule has 0 saturated carbocycles. The highest BCUT2D eigenvalue weighted by Crippen LogP contribution is 2.28. The SMILES string of the molecule is CCOC(=O)c1cc(C)sc1NC(=O)c1ccncc1. The molecule has 0 fully saturated rings. The first-order valence-electron chi connectivity index (χ1n) is 6.10. The first-order chi connectivity index (χ1) is 9.61. The van der Waals surface area contributed by atoms with Gasteiger partial charge in [-0.2, -0.15) is 0 Å². The van der Waals surface area contributed by atoms with Gasteiger partial charge in [0.1, 0.15) is 5.00 Å². The van der Waals surface area contributed by atoms with Crippen LogP contribution in [-0.2, 0) is 4.74 Å². The smallest absolute Gasteiger partial charge is 0.341 e. The van der Waals surface area contributed by atoms with Gasteiger partial charge in [0.25, 0.3) is 5.91 Å². The van der Waals surface area contributed by atoms with Gasteiger partial charge < -0.3 is 10.1 Å². The van der Waals surface area contributed by atoms with E-state index >= 15 is 0 Å². The lowest BCUT2D eigenvalue weighted by Gasteiger charge is -2.05. The lowest BCUT2D eigenvalue weighted by molar-refractivity contribution is 0.0528. The number of pyridine rings is 1. The van der Waals surface area contributed by atoms with Gasteiger partial charge in [-0.05, 0) is 32.0 Å². The maximum atomic E-state index is 12.1. The number of rotatable bonds is 4. The minimum atomic E-state index is -0.429. The van der Waals surface area contributed by atoms with E-state index in [1.54, 1.807) is 37.5 Å². The van der Waals surface area contributed by atoms with Crippen molar-refractivity contribution in [3.63, 3.8) is 0 Å². The van der Waals surface area contributed by atoms with E-state index < -0.39 is 5.97 Å². The summed E-state index contributed by atoms with van der Waals surface area (Å²) >= 11 is 1.34. The van der Waals surface area contributed by atoms with Crippen LogP contribution in [0.3, 0.4) is 0 Å². The number of carbonyl (C=O) groups excluding carboxylic acids is 2. The van der Waals surface area contributed by atoms with Gasteiger partial charge in [0.05, 0.1) is 12.2 Å². The second kappa shape index (κ2) is 6.29. The average molecular weight is 290 g/mol. The lowest BCUT2D eigenvalue weighted by Crippen LogP contribution is -2.14. The number of ether oxygens (including phenoxy) is 1. The number of amides is 1. The Bertz CT molecular complexity index is 623. The van der Waals surface area contributed by atoms with Crippen molar-refractivity contribution in [3.8, 4) is 0 Å². The number of hydrogen-bond acceptors (Lipinski definition) is 5. The molecule has 0 aliphatic carbocycles. The predicted octanol–water partition coefficient (Wildman–Crippen LogP) is 2.88. The molecule has 0 saturated heterocycles. The quantitative estimate of drug-likeness (QED) is 0.879. The molecule has 0 unspecified atom stereocenters. The Balaban J connectivity index is 2.21. The molecule has 2 heterocycles. The van der Waals surface area contributed by atoms with Gasteiger partial charge in [-0.15, -0.1) is 11.3 Å².